The van der Waals surface area contributed by atoms with Gasteiger partial charge in [-0.25, -0.2) is 4.98 Å². The molecule has 0 atom stereocenters. The Labute approximate surface area is 211 Å². The highest BCUT2D eigenvalue weighted by molar-refractivity contribution is 5.92. The van der Waals surface area contributed by atoms with Crippen LogP contribution in [0.4, 0.5) is 0 Å². The van der Waals surface area contributed by atoms with E-state index in [1.54, 1.807) is 17.3 Å². The van der Waals surface area contributed by atoms with Gasteiger partial charge in [0.25, 0.3) is 0 Å². The number of hydrogen-bond acceptors (Lipinski definition) is 5. The van der Waals surface area contributed by atoms with Crippen molar-refractivity contribution in [1.29, 1.82) is 0 Å². The number of nitrogens with one attached hydrogen (secondary N) is 1. The number of H-pyrrole nitrogens is 1. The number of rotatable bonds is 5. The first-order valence-corrected chi connectivity index (χ1v) is 12.9. The van der Waals surface area contributed by atoms with Crippen LogP contribution in [0.5, 0.6) is 0 Å². The zero-order chi connectivity index (χ0) is 25.0. The molecule has 0 radical (unpaired) electrons. The Bertz CT molecular complexity index is 1540. The second-order valence-electron chi connectivity index (χ2n) is 10.6. The topological polar surface area (TPSA) is 79.9 Å². The molecule has 4 aromatic heterocycles. The molecule has 36 heavy (non-hydrogen) atoms. The third-order valence-electron chi connectivity index (χ3n) is 7.92. The summed E-state index contributed by atoms with van der Waals surface area (Å²) in [7, 11) is 1.92. The lowest BCUT2D eigenvalue weighted by Gasteiger charge is -2.31. The number of piperidine rings is 1. The number of nitrogens with zero attached hydrogens (tertiary/aromatic N) is 7. The van der Waals surface area contributed by atoms with E-state index in [1.807, 2.05) is 11.4 Å². The molecule has 1 aliphatic rings. The molecule has 186 valence electrons. The quantitative estimate of drug-likeness (QED) is 0.376. The third kappa shape index (κ3) is 3.89. The smallest absolute Gasteiger partial charge is 0.164 e. The summed E-state index contributed by atoms with van der Waals surface area (Å²) in [5, 5.41) is 14.2. The molecule has 0 unspecified atom stereocenters. The molecule has 0 saturated carbocycles. The second kappa shape index (κ2) is 8.85. The average Bonchev–Trinajstić information content (AvgIpc) is 3.59. The van der Waals surface area contributed by atoms with Gasteiger partial charge in [0.2, 0.25) is 0 Å². The highest BCUT2D eigenvalue weighted by Gasteiger charge is 2.24. The van der Waals surface area contributed by atoms with E-state index in [2.05, 4.69) is 82.3 Å². The molecule has 1 aliphatic heterocycles. The van der Waals surface area contributed by atoms with Crippen LogP contribution in [-0.4, -0.2) is 52.3 Å². The molecule has 0 spiro atoms. The predicted molar refractivity (Wildman–Crippen MR) is 142 cm³/mol. The van der Waals surface area contributed by atoms with Crippen molar-refractivity contribution in [2.45, 2.75) is 58.9 Å². The van der Waals surface area contributed by atoms with E-state index < -0.39 is 0 Å². The number of aryl methyl sites for hydroxylation is 2. The van der Waals surface area contributed by atoms with Crippen molar-refractivity contribution in [3.8, 4) is 11.3 Å². The van der Waals surface area contributed by atoms with E-state index >= 15 is 0 Å². The van der Waals surface area contributed by atoms with Crippen molar-refractivity contribution in [1.82, 2.24) is 39.2 Å². The van der Waals surface area contributed by atoms with Gasteiger partial charge in [-0.05, 0) is 86.0 Å². The third-order valence-corrected chi connectivity index (χ3v) is 7.92. The van der Waals surface area contributed by atoms with Crippen LogP contribution in [0.3, 0.4) is 0 Å². The van der Waals surface area contributed by atoms with E-state index in [9.17, 15) is 0 Å². The fourth-order valence-corrected chi connectivity index (χ4v) is 5.84. The minimum Gasteiger partial charge on any atom is -0.354 e. The maximum Gasteiger partial charge on any atom is 0.164 e. The van der Waals surface area contributed by atoms with Gasteiger partial charge in [-0.3, -0.25) is 14.0 Å². The maximum atomic E-state index is 4.45. The van der Waals surface area contributed by atoms with Crippen molar-refractivity contribution >= 4 is 16.6 Å². The summed E-state index contributed by atoms with van der Waals surface area (Å²) in [5.41, 5.74) is 9.82. The van der Waals surface area contributed by atoms with Crippen molar-refractivity contribution in [2.75, 3.05) is 13.1 Å². The maximum absolute atomic E-state index is 4.45. The van der Waals surface area contributed by atoms with Gasteiger partial charge in [-0.2, -0.15) is 5.10 Å². The summed E-state index contributed by atoms with van der Waals surface area (Å²) >= 11 is 0. The Morgan fingerprint density at radius 1 is 1.08 bits per heavy atom. The standard InChI is InChI=1S/C28H34N8/c1-17(2)26-22-12-21(20-8-10-35(11-9-20)14-25-29-15-34(5)33-25)6-7-24(22)31-27(26)23-13-36-16-30-32-28(36)19(4)18(23)3/h6-7,12-13,15-17,20,31H,8-11,14H2,1-5H3. The molecule has 8 nitrogen and oxygen atoms in total. The van der Waals surface area contributed by atoms with Gasteiger partial charge in [0, 0.05) is 29.7 Å². The minimum absolute atomic E-state index is 0.396. The zero-order valence-electron chi connectivity index (χ0n) is 21.8. The number of likely N-dealkylation sites (tertiary alicyclic amines) is 1. The summed E-state index contributed by atoms with van der Waals surface area (Å²) in [4.78, 5) is 10.6. The number of hydrogen-bond donors (Lipinski definition) is 1. The van der Waals surface area contributed by atoms with Crippen LogP contribution in [0.2, 0.25) is 0 Å². The van der Waals surface area contributed by atoms with Crippen LogP contribution in [0.1, 0.15) is 66.6 Å². The van der Waals surface area contributed by atoms with Gasteiger partial charge in [-0.1, -0.05) is 19.9 Å². The Kier molecular flexibility index (Phi) is 5.63. The fourth-order valence-electron chi connectivity index (χ4n) is 5.84. The molecule has 0 bridgehead atoms. The van der Waals surface area contributed by atoms with E-state index in [0.717, 1.165) is 43.9 Å². The highest BCUT2D eigenvalue weighted by atomic mass is 15.3. The van der Waals surface area contributed by atoms with Crippen molar-refractivity contribution in [2.24, 2.45) is 7.05 Å². The lowest BCUT2D eigenvalue weighted by atomic mass is 9.87. The van der Waals surface area contributed by atoms with Gasteiger partial charge >= 0.3 is 0 Å². The van der Waals surface area contributed by atoms with Crippen molar-refractivity contribution in [3.05, 3.63) is 65.1 Å². The zero-order valence-corrected chi connectivity index (χ0v) is 21.8. The van der Waals surface area contributed by atoms with Crippen LogP contribution >= 0.6 is 0 Å². The van der Waals surface area contributed by atoms with E-state index in [4.69, 9.17) is 0 Å². The lowest BCUT2D eigenvalue weighted by molar-refractivity contribution is 0.200. The van der Waals surface area contributed by atoms with Gasteiger partial charge in [-0.15, -0.1) is 10.2 Å². The van der Waals surface area contributed by atoms with E-state index in [1.165, 1.54) is 44.4 Å². The number of aromatic amines is 1. The predicted octanol–water partition coefficient (Wildman–Crippen LogP) is 5.13. The lowest BCUT2D eigenvalue weighted by Crippen LogP contribution is -2.32. The van der Waals surface area contributed by atoms with Crippen LogP contribution in [-0.2, 0) is 13.6 Å². The van der Waals surface area contributed by atoms with Crippen LogP contribution in [0, 0.1) is 13.8 Å². The van der Waals surface area contributed by atoms with Crippen molar-refractivity contribution < 1.29 is 0 Å². The molecular formula is C28H34N8. The SMILES string of the molecule is Cc1c(-c2[nH]c3ccc(C4CCN(Cc5ncn(C)n5)CC4)cc3c2C(C)C)cn2cnnc2c1C. The Balaban J connectivity index is 1.32. The van der Waals surface area contributed by atoms with E-state index in [0.29, 0.717) is 11.8 Å². The van der Waals surface area contributed by atoms with Gasteiger partial charge in [0.1, 0.15) is 12.7 Å². The monoisotopic (exact) mass is 482 g/mol. The first-order chi connectivity index (χ1) is 17.4. The van der Waals surface area contributed by atoms with Crippen LogP contribution in [0.15, 0.2) is 37.1 Å². The molecule has 1 aromatic carbocycles. The average molecular weight is 483 g/mol. The second-order valence-corrected chi connectivity index (χ2v) is 10.6. The largest absolute Gasteiger partial charge is 0.354 e. The number of aromatic nitrogens is 7. The van der Waals surface area contributed by atoms with Crippen LogP contribution in [0.25, 0.3) is 27.8 Å². The van der Waals surface area contributed by atoms with Gasteiger partial charge in [0.05, 0.1) is 12.2 Å². The minimum atomic E-state index is 0.396. The molecule has 1 fully saturated rings. The summed E-state index contributed by atoms with van der Waals surface area (Å²) in [6, 6.07) is 7.06. The van der Waals surface area contributed by atoms with Crippen molar-refractivity contribution in [3.63, 3.8) is 0 Å². The number of pyridine rings is 1. The molecule has 0 amide bonds. The first kappa shape index (κ1) is 22.9. The molecule has 0 aliphatic carbocycles. The molecular weight excluding hydrogens is 448 g/mol. The normalized spacial score (nSPS) is 15.6. The summed E-state index contributed by atoms with van der Waals surface area (Å²) in [6.07, 6.45) is 8.06. The molecule has 5 heterocycles. The van der Waals surface area contributed by atoms with E-state index in [-0.39, 0.29) is 0 Å². The Morgan fingerprint density at radius 3 is 2.61 bits per heavy atom. The molecule has 1 N–H and O–H groups in total. The summed E-state index contributed by atoms with van der Waals surface area (Å²) in [5.74, 6) is 1.89. The molecule has 8 heteroatoms. The Hall–Kier alpha value is -3.52. The summed E-state index contributed by atoms with van der Waals surface area (Å²) in [6.45, 7) is 11.9. The number of benzene rings is 1. The molecule has 6 rings (SSSR count). The summed E-state index contributed by atoms with van der Waals surface area (Å²) < 4.78 is 3.81. The fraction of sp³-hybridized carbons (Fsp3) is 0.429. The van der Waals surface area contributed by atoms with Gasteiger partial charge in [0.15, 0.2) is 11.5 Å². The van der Waals surface area contributed by atoms with Gasteiger partial charge < -0.3 is 4.98 Å². The Morgan fingerprint density at radius 2 is 1.89 bits per heavy atom. The number of fused-ring (bicyclic) bond motifs is 2. The molecule has 1 saturated heterocycles. The first-order valence-electron chi connectivity index (χ1n) is 12.9. The molecule has 5 aromatic rings. The highest BCUT2D eigenvalue weighted by Crippen LogP contribution is 2.40. The van der Waals surface area contributed by atoms with Crippen LogP contribution < -0.4 is 0 Å².